The van der Waals surface area contributed by atoms with Crippen LogP contribution in [0.2, 0.25) is 0 Å². The summed E-state index contributed by atoms with van der Waals surface area (Å²) >= 11 is 0. The van der Waals surface area contributed by atoms with Gasteiger partial charge in [-0.3, -0.25) is 0 Å². The molecule has 0 amide bonds. The molecule has 5 heteroatoms. The third kappa shape index (κ3) is 3.75. The standard InChI is InChI=1S/C19H25N3O2/c1-24-19-16(8-5-10-20-19)13-22-18-15(9-11-23)12-21-17(18)14-6-3-2-4-7-14/h2-8,10,15,17-18,21-23H,9,11-13H2,1H3. The van der Waals surface area contributed by atoms with Gasteiger partial charge >= 0.3 is 0 Å². The topological polar surface area (TPSA) is 66.4 Å². The zero-order valence-electron chi connectivity index (χ0n) is 14.0. The van der Waals surface area contributed by atoms with Gasteiger partial charge in [-0.2, -0.15) is 0 Å². The zero-order valence-corrected chi connectivity index (χ0v) is 14.0. The van der Waals surface area contributed by atoms with E-state index in [1.807, 2.05) is 18.2 Å². The minimum absolute atomic E-state index is 0.211. The Morgan fingerprint density at radius 3 is 2.83 bits per heavy atom. The van der Waals surface area contributed by atoms with E-state index < -0.39 is 0 Å². The monoisotopic (exact) mass is 327 g/mol. The molecule has 128 valence electrons. The van der Waals surface area contributed by atoms with Crippen LogP contribution in [0.4, 0.5) is 0 Å². The van der Waals surface area contributed by atoms with Crippen molar-refractivity contribution in [3.63, 3.8) is 0 Å². The summed E-state index contributed by atoms with van der Waals surface area (Å²) in [6.45, 7) is 1.80. The van der Waals surface area contributed by atoms with E-state index in [-0.39, 0.29) is 18.7 Å². The van der Waals surface area contributed by atoms with Crippen molar-refractivity contribution in [3.05, 3.63) is 59.8 Å². The normalized spacial score (nSPS) is 23.3. The molecule has 2 heterocycles. The maximum atomic E-state index is 9.38. The second-order valence-electron chi connectivity index (χ2n) is 6.15. The van der Waals surface area contributed by atoms with E-state index in [0.717, 1.165) is 18.5 Å². The van der Waals surface area contributed by atoms with Gasteiger partial charge in [-0.15, -0.1) is 0 Å². The zero-order chi connectivity index (χ0) is 16.8. The lowest BCUT2D eigenvalue weighted by molar-refractivity contribution is 0.243. The molecule has 0 spiro atoms. The number of aromatic nitrogens is 1. The Bertz CT molecular complexity index is 636. The van der Waals surface area contributed by atoms with Crippen LogP contribution < -0.4 is 15.4 Å². The fraction of sp³-hybridized carbons (Fsp3) is 0.421. The molecule has 1 fully saturated rings. The molecule has 3 atom stereocenters. The minimum atomic E-state index is 0.211. The number of nitrogens with zero attached hydrogens (tertiary/aromatic N) is 1. The van der Waals surface area contributed by atoms with Crippen molar-refractivity contribution in [2.75, 3.05) is 20.3 Å². The van der Waals surface area contributed by atoms with Gasteiger partial charge in [-0.05, 0) is 24.0 Å². The van der Waals surface area contributed by atoms with Crippen molar-refractivity contribution in [1.82, 2.24) is 15.6 Å². The average molecular weight is 327 g/mol. The van der Waals surface area contributed by atoms with Gasteiger partial charge in [-0.1, -0.05) is 36.4 Å². The highest BCUT2D eigenvalue weighted by molar-refractivity contribution is 5.26. The van der Waals surface area contributed by atoms with Gasteiger partial charge in [0.2, 0.25) is 5.88 Å². The highest BCUT2D eigenvalue weighted by atomic mass is 16.5. The lowest BCUT2D eigenvalue weighted by Crippen LogP contribution is -2.38. The highest BCUT2D eigenvalue weighted by Gasteiger charge is 2.35. The van der Waals surface area contributed by atoms with Gasteiger partial charge in [0, 0.05) is 43.5 Å². The third-order valence-electron chi connectivity index (χ3n) is 4.70. The first-order valence-electron chi connectivity index (χ1n) is 8.44. The molecule has 0 radical (unpaired) electrons. The molecule has 2 aromatic rings. The van der Waals surface area contributed by atoms with E-state index in [4.69, 9.17) is 4.74 Å². The van der Waals surface area contributed by atoms with Gasteiger partial charge < -0.3 is 20.5 Å². The van der Waals surface area contributed by atoms with Gasteiger partial charge in [0.05, 0.1) is 7.11 Å². The number of rotatable bonds is 7. The smallest absolute Gasteiger partial charge is 0.217 e. The molecule has 1 aliphatic heterocycles. The van der Waals surface area contributed by atoms with E-state index in [1.165, 1.54) is 5.56 Å². The summed E-state index contributed by atoms with van der Waals surface area (Å²) in [5, 5.41) is 16.6. The molecule has 5 nitrogen and oxygen atoms in total. The van der Waals surface area contributed by atoms with Gasteiger partial charge in [0.25, 0.3) is 0 Å². The Morgan fingerprint density at radius 2 is 2.08 bits per heavy atom. The molecule has 1 aliphatic rings. The number of aliphatic hydroxyl groups is 1. The Kier molecular flexibility index (Phi) is 5.80. The number of aliphatic hydroxyl groups excluding tert-OH is 1. The third-order valence-corrected chi connectivity index (χ3v) is 4.70. The summed E-state index contributed by atoms with van der Waals surface area (Å²) in [4.78, 5) is 4.26. The van der Waals surface area contributed by atoms with E-state index in [2.05, 4.69) is 39.9 Å². The molecular weight excluding hydrogens is 302 g/mol. The van der Waals surface area contributed by atoms with Crippen LogP contribution in [-0.2, 0) is 6.54 Å². The summed E-state index contributed by atoms with van der Waals surface area (Å²) in [6.07, 6.45) is 2.53. The van der Waals surface area contributed by atoms with Gasteiger partial charge in [0.15, 0.2) is 0 Å². The molecule has 0 saturated carbocycles. The number of hydrogen-bond acceptors (Lipinski definition) is 5. The highest BCUT2D eigenvalue weighted by Crippen LogP contribution is 2.30. The maximum Gasteiger partial charge on any atom is 0.217 e. The van der Waals surface area contributed by atoms with Gasteiger partial charge in [-0.25, -0.2) is 4.98 Å². The first-order chi connectivity index (χ1) is 11.8. The van der Waals surface area contributed by atoms with Crippen LogP contribution in [0.25, 0.3) is 0 Å². The fourth-order valence-corrected chi connectivity index (χ4v) is 3.49. The molecule has 0 aliphatic carbocycles. The maximum absolute atomic E-state index is 9.38. The molecule has 1 aromatic carbocycles. The van der Waals surface area contributed by atoms with Crippen molar-refractivity contribution < 1.29 is 9.84 Å². The Balaban J connectivity index is 1.75. The molecule has 1 saturated heterocycles. The largest absolute Gasteiger partial charge is 0.481 e. The van der Waals surface area contributed by atoms with E-state index >= 15 is 0 Å². The fourth-order valence-electron chi connectivity index (χ4n) is 3.49. The van der Waals surface area contributed by atoms with Crippen LogP contribution in [0.15, 0.2) is 48.7 Å². The van der Waals surface area contributed by atoms with E-state index in [0.29, 0.717) is 18.3 Å². The number of hydrogen-bond donors (Lipinski definition) is 3. The predicted octanol–water partition coefficient (Wildman–Crippen LogP) is 1.89. The summed E-state index contributed by atoms with van der Waals surface area (Å²) in [5.74, 6) is 1.05. The molecule has 3 rings (SSSR count). The van der Waals surface area contributed by atoms with Crippen LogP contribution in [0.1, 0.15) is 23.6 Å². The molecule has 3 unspecified atom stereocenters. The van der Waals surface area contributed by atoms with Crippen molar-refractivity contribution in [3.8, 4) is 5.88 Å². The van der Waals surface area contributed by atoms with Crippen LogP contribution in [0.3, 0.4) is 0 Å². The summed E-state index contributed by atoms with van der Waals surface area (Å²) in [6, 6.07) is 14.9. The summed E-state index contributed by atoms with van der Waals surface area (Å²) < 4.78 is 5.34. The number of methoxy groups -OCH3 is 1. The molecular formula is C19H25N3O2. The average Bonchev–Trinajstić information content (AvgIpc) is 3.04. The Morgan fingerprint density at radius 1 is 1.25 bits per heavy atom. The lowest BCUT2D eigenvalue weighted by atomic mass is 9.91. The van der Waals surface area contributed by atoms with Crippen molar-refractivity contribution in [2.24, 2.45) is 5.92 Å². The van der Waals surface area contributed by atoms with E-state index in [1.54, 1.807) is 13.3 Å². The SMILES string of the molecule is COc1ncccc1CNC1C(CCO)CNC1c1ccccc1. The van der Waals surface area contributed by atoms with Crippen molar-refractivity contribution >= 4 is 0 Å². The van der Waals surface area contributed by atoms with Crippen LogP contribution in [0.5, 0.6) is 5.88 Å². The molecule has 24 heavy (non-hydrogen) atoms. The molecule has 0 bridgehead atoms. The van der Waals surface area contributed by atoms with E-state index in [9.17, 15) is 5.11 Å². The number of ether oxygens (including phenoxy) is 1. The summed E-state index contributed by atoms with van der Waals surface area (Å²) in [5.41, 5.74) is 2.31. The first kappa shape index (κ1) is 16.9. The summed E-state index contributed by atoms with van der Waals surface area (Å²) in [7, 11) is 1.64. The first-order valence-corrected chi connectivity index (χ1v) is 8.44. The number of nitrogens with one attached hydrogen (secondary N) is 2. The van der Waals surface area contributed by atoms with Crippen LogP contribution >= 0.6 is 0 Å². The molecule has 3 N–H and O–H groups in total. The lowest BCUT2D eigenvalue weighted by Gasteiger charge is -2.26. The minimum Gasteiger partial charge on any atom is -0.481 e. The second kappa shape index (κ2) is 8.24. The Hall–Kier alpha value is -1.95. The predicted molar refractivity (Wildman–Crippen MR) is 93.8 cm³/mol. The van der Waals surface area contributed by atoms with Gasteiger partial charge in [0.1, 0.15) is 0 Å². The van der Waals surface area contributed by atoms with Crippen molar-refractivity contribution in [2.45, 2.75) is 25.0 Å². The molecule has 1 aromatic heterocycles. The van der Waals surface area contributed by atoms with Crippen LogP contribution in [-0.4, -0.2) is 36.4 Å². The second-order valence-corrected chi connectivity index (χ2v) is 6.15. The number of benzene rings is 1. The quantitative estimate of drug-likeness (QED) is 0.725. The van der Waals surface area contributed by atoms with Crippen LogP contribution in [0, 0.1) is 5.92 Å². The number of pyridine rings is 1. The Labute approximate surface area is 143 Å². The van der Waals surface area contributed by atoms with Crippen molar-refractivity contribution in [1.29, 1.82) is 0 Å².